The van der Waals surface area contributed by atoms with Crippen molar-refractivity contribution in [2.45, 2.75) is 39.0 Å². The molecule has 0 aromatic heterocycles. The zero-order valence-electron chi connectivity index (χ0n) is 16.5. The number of benzene rings is 2. The Bertz CT molecular complexity index is 773. The second-order valence-electron chi connectivity index (χ2n) is 7.75. The number of nitrogens with one attached hydrogen (secondary N) is 1. The van der Waals surface area contributed by atoms with Crippen molar-refractivity contribution in [2.24, 2.45) is 5.92 Å². The Labute approximate surface area is 172 Å². The molecule has 5 rings (SSSR count). The SMILES string of the molecule is CCOc1cc(CNC2CN3CCC2CC3)ccc1OCc1ccc(Cl)cc1. The van der Waals surface area contributed by atoms with Crippen molar-refractivity contribution in [3.8, 4) is 11.5 Å². The fourth-order valence-electron chi connectivity index (χ4n) is 4.24. The summed E-state index contributed by atoms with van der Waals surface area (Å²) < 4.78 is 11.9. The van der Waals surface area contributed by atoms with Crippen LogP contribution < -0.4 is 14.8 Å². The molecule has 5 heteroatoms. The van der Waals surface area contributed by atoms with Gasteiger partial charge in [0.2, 0.25) is 0 Å². The molecule has 3 aliphatic heterocycles. The molecule has 0 saturated carbocycles. The van der Waals surface area contributed by atoms with Gasteiger partial charge in [-0.2, -0.15) is 0 Å². The third-order valence-electron chi connectivity index (χ3n) is 5.84. The molecule has 0 aliphatic carbocycles. The average molecular weight is 401 g/mol. The first kappa shape index (κ1) is 19.6. The molecule has 3 heterocycles. The fraction of sp³-hybridized carbons (Fsp3) is 0.478. The van der Waals surface area contributed by atoms with Crippen molar-refractivity contribution in [3.63, 3.8) is 0 Å². The Balaban J connectivity index is 1.37. The molecule has 28 heavy (non-hydrogen) atoms. The van der Waals surface area contributed by atoms with Crippen molar-refractivity contribution < 1.29 is 9.47 Å². The van der Waals surface area contributed by atoms with Crippen LogP contribution in [0.25, 0.3) is 0 Å². The van der Waals surface area contributed by atoms with E-state index in [0.29, 0.717) is 19.3 Å². The van der Waals surface area contributed by atoms with Crippen molar-refractivity contribution >= 4 is 11.6 Å². The van der Waals surface area contributed by atoms with Gasteiger partial charge in [-0.05, 0) is 74.2 Å². The molecule has 1 unspecified atom stereocenters. The molecule has 0 spiro atoms. The number of halogens is 1. The number of hydrogen-bond donors (Lipinski definition) is 1. The van der Waals surface area contributed by atoms with Gasteiger partial charge in [0.1, 0.15) is 6.61 Å². The lowest BCUT2D eigenvalue weighted by atomic mass is 9.84. The molecule has 3 aliphatic rings. The number of fused-ring (bicyclic) bond motifs is 3. The van der Waals surface area contributed by atoms with E-state index in [1.54, 1.807) is 0 Å². The summed E-state index contributed by atoms with van der Waals surface area (Å²) in [4.78, 5) is 2.58. The molecular formula is C23H29ClN2O2. The van der Waals surface area contributed by atoms with Gasteiger partial charge in [-0.1, -0.05) is 29.8 Å². The van der Waals surface area contributed by atoms with Crippen molar-refractivity contribution in [1.82, 2.24) is 10.2 Å². The molecule has 150 valence electrons. The van der Waals surface area contributed by atoms with Gasteiger partial charge >= 0.3 is 0 Å². The molecule has 0 radical (unpaired) electrons. The lowest BCUT2D eigenvalue weighted by molar-refractivity contribution is 0.0720. The zero-order valence-corrected chi connectivity index (χ0v) is 17.3. The summed E-state index contributed by atoms with van der Waals surface area (Å²) in [5, 5.41) is 4.51. The first-order valence-corrected chi connectivity index (χ1v) is 10.7. The molecule has 3 fully saturated rings. The molecular weight excluding hydrogens is 372 g/mol. The van der Waals surface area contributed by atoms with E-state index in [1.807, 2.05) is 37.3 Å². The molecule has 2 bridgehead atoms. The summed E-state index contributed by atoms with van der Waals surface area (Å²) in [6.45, 7) is 7.72. The van der Waals surface area contributed by atoms with Gasteiger partial charge in [-0.3, -0.25) is 0 Å². The average Bonchev–Trinajstić information content (AvgIpc) is 2.74. The highest BCUT2D eigenvalue weighted by atomic mass is 35.5. The Morgan fingerprint density at radius 1 is 1.00 bits per heavy atom. The maximum atomic E-state index is 6.01. The van der Waals surface area contributed by atoms with E-state index in [1.165, 1.54) is 38.0 Å². The Hall–Kier alpha value is -1.75. The largest absolute Gasteiger partial charge is 0.490 e. The maximum absolute atomic E-state index is 6.01. The van der Waals surface area contributed by atoms with Crippen LogP contribution in [-0.2, 0) is 13.2 Å². The van der Waals surface area contributed by atoms with Gasteiger partial charge in [0.15, 0.2) is 11.5 Å². The maximum Gasteiger partial charge on any atom is 0.161 e. The second kappa shape index (κ2) is 9.17. The highest BCUT2D eigenvalue weighted by Gasteiger charge is 2.33. The van der Waals surface area contributed by atoms with Gasteiger partial charge in [-0.15, -0.1) is 0 Å². The molecule has 2 aromatic carbocycles. The number of nitrogens with zero attached hydrogens (tertiary/aromatic N) is 1. The molecule has 0 amide bonds. The van der Waals surface area contributed by atoms with E-state index >= 15 is 0 Å². The van der Waals surface area contributed by atoms with E-state index in [-0.39, 0.29) is 0 Å². The van der Waals surface area contributed by atoms with Gasteiger partial charge in [-0.25, -0.2) is 0 Å². The van der Waals surface area contributed by atoms with Crippen LogP contribution in [0.3, 0.4) is 0 Å². The molecule has 1 atom stereocenters. The Kier molecular flexibility index (Phi) is 6.40. The van der Waals surface area contributed by atoms with E-state index in [4.69, 9.17) is 21.1 Å². The lowest BCUT2D eigenvalue weighted by Crippen LogP contribution is -2.55. The lowest BCUT2D eigenvalue weighted by Gasteiger charge is -2.45. The minimum Gasteiger partial charge on any atom is -0.490 e. The van der Waals surface area contributed by atoms with Crippen molar-refractivity contribution in [2.75, 3.05) is 26.2 Å². The van der Waals surface area contributed by atoms with E-state index in [2.05, 4.69) is 22.3 Å². The van der Waals surface area contributed by atoms with E-state index < -0.39 is 0 Å². The summed E-state index contributed by atoms with van der Waals surface area (Å²) in [5.41, 5.74) is 2.32. The van der Waals surface area contributed by atoms with Crippen molar-refractivity contribution in [1.29, 1.82) is 0 Å². The monoisotopic (exact) mass is 400 g/mol. The second-order valence-corrected chi connectivity index (χ2v) is 8.19. The quantitative estimate of drug-likeness (QED) is 0.707. The highest BCUT2D eigenvalue weighted by Crippen LogP contribution is 2.31. The molecule has 2 aromatic rings. The van der Waals surface area contributed by atoms with Crippen molar-refractivity contribution in [3.05, 3.63) is 58.6 Å². The summed E-state index contributed by atoms with van der Waals surface area (Å²) in [6.07, 6.45) is 2.67. The van der Waals surface area contributed by atoms with Crippen LogP contribution in [0.4, 0.5) is 0 Å². The smallest absolute Gasteiger partial charge is 0.161 e. The number of ether oxygens (including phenoxy) is 2. The van der Waals surface area contributed by atoms with Gasteiger partial charge in [0.05, 0.1) is 6.61 Å². The number of piperidine rings is 3. The predicted octanol–water partition coefficient (Wildman–Crippen LogP) is 4.50. The van der Waals surface area contributed by atoms with E-state index in [0.717, 1.165) is 34.5 Å². The highest BCUT2D eigenvalue weighted by molar-refractivity contribution is 6.30. The van der Waals surface area contributed by atoms with Crippen LogP contribution in [0.15, 0.2) is 42.5 Å². The minimum absolute atomic E-state index is 0.494. The van der Waals surface area contributed by atoms with Gasteiger partial charge < -0.3 is 19.7 Å². The van der Waals surface area contributed by atoms with E-state index in [9.17, 15) is 0 Å². The first-order chi connectivity index (χ1) is 13.7. The fourth-order valence-corrected chi connectivity index (χ4v) is 4.36. The van der Waals surface area contributed by atoms with Gasteiger partial charge in [0, 0.05) is 24.2 Å². The van der Waals surface area contributed by atoms with Crippen LogP contribution in [-0.4, -0.2) is 37.2 Å². The van der Waals surface area contributed by atoms with Gasteiger partial charge in [0.25, 0.3) is 0 Å². The third-order valence-corrected chi connectivity index (χ3v) is 6.09. The molecule has 4 nitrogen and oxygen atoms in total. The zero-order chi connectivity index (χ0) is 19.3. The van der Waals surface area contributed by atoms with Crippen LogP contribution in [0.1, 0.15) is 30.9 Å². The summed E-state index contributed by atoms with van der Waals surface area (Å²) in [6, 6.07) is 14.6. The summed E-state index contributed by atoms with van der Waals surface area (Å²) >= 11 is 5.95. The van der Waals surface area contributed by atoms with Crippen LogP contribution in [0, 0.1) is 5.92 Å². The summed E-state index contributed by atoms with van der Waals surface area (Å²) in [7, 11) is 0. The molecule has 1 N–H and O–H groups in total. The van der Waals surface area contributed by atoms with Crippen LogP contribution in [0.5, 0.6) is 11.5 Å². The Morgan fingerprint density at radius 3 is 2.43 bits per heavy atom. The predicted molar refractivity (Wildman–Crippen MR) is 113 cm³/mol. The third kappa shape index (κ3) is 4.80. The Morgan fingerprint density at radius 2 is 1.75 bits per heavy atom. The first-order valence-electron chi connectivity index (χ1n) is 10.3. The normalized spacial score (nSPS) is 23.6. The molecule has 3 saturated heterocycles. The number of hydrogen-bond acceptors (Lipinski definition) is 4. The topological polar surface area (TPSA) is 33.7 Å². The standard InChI is InChI=1S/C23H29ClN2O2/c1-2-27-23-13-18(14-25-21-15-26-11-9-19(21)10-12-26)5-8-22(23)28-16-17-3-6-20(24)7-4-17/h3-8,13,19,21,25H,2,9-12,14-16H2,1H3. The minimum atomic E-state index is 0.494. The number of rotatable bonds is 8. The van der Waals surface area contributed by atoms with Crippen LogP contribution in [0.2, 0.25) is 5.02 Å². The summed E-state index contributed by atoms with van der Waals surface area (Å²) in [5.74, 6) is 2.42. The van der Waals surface area contributed by atoms with Crippen LogP contribution >= 0.6 is 11.6 Å².